The van der Waals surface area contributed by atoms with Gasteiger partial charge in [-0.2, -0.15) is 9.13 Å². The highest BCUT2D eigenvalue weighted by molar-refractivity contribution is 6.26. The maximum atomic E-state index is 6.42. The van der Waals surface area contributed by atoms with E-state index in [4.69, 9.17) is 11.0 Å². The number of aromatic nitrogens is 3. The van der Waals surface area contributed by atoms with Crippen LogP contribution in [0.4, 0.5) is 0 Å². The van der Waals surface area contributed by atoms with Gasteiger partial charge in [0.1, 0.15) is 11.2 Å². The quantitative estimate of drug-likeness (QED) is 0.151. The number of aryl methyl sites for hydroxylation is 1. The lowest BCUT2D eigenvalue weighted by Gasteiger charge is -2.29. The molecule has 0 radical (unpaired) electrons. The van der Waals surface area contributed by atoms with Crippen molar-refractivity contribution in [1.82, 2.24) is 4.40 Å². The van der Waals surface area contributed by atoms with E-state index in [9.17, 15) is 0 Å². The van der Waals surface area contributed by atoms with Gasteiger partial charge in [-0.3, -0.25) is 0 Å². The Labute approximate surface area is 287 Å². The lowest BCUT2D eigenvalue weighted by molar-refractivity contribution is -0.727. The van der Waals surface area contributed by atoms with Gasteiger partial charge in [0.2, 0.25) is 23.1 Å². The molecule has 0 spiro atoms. The molecular weight excluding hydrogens is 611 g/mol. The number of benzene rings is 5. The number of hydrogen-bond acceptors (Lipinski definition) is 1. The Morgan fingerprint density at radius 2 is 1.34 bits per heavy atom. The maximum absolute atomic E-state index is 6.42. The van der Waals surface area contributed by atoms with Crippen molar-refractivity contribution >= 4 is 65.7 Å². The largest absolute Gasteiger partial charge is 0.456 e. The summed E-state index contributed by atoms with van der Waals surface area (Å²) in [6.45, 7) is 4.86. The lowest BCUT2D eigenvalue weighted by Crippen LogP contribution is -2.53. The molecule has 0 N–H and O–H groups in total. The summed E-state index contributed by atoms with van der Waals surface area (Å²) in [4.78, 5) is 0. The van der Waals surface area contributed by atoms with E-state index < -0.39 is 0 Å². The molecule has 4 nitrogen and oxygen atoms in total. The SMILES string of the molecule is C=C1C2C(CCc3cc4c(cc3-c3cccc[n+]31)c1cccc3c5cc6c(cc5n4c13)oc1ccccc16)c1ccccc1-c1cccc[n+]12. The molecule has 2 aliphatic heterocycles. The van der Waals surface area contributed by atoms with Crippen LogP contribution in [0.1, 0.15) is 29.5 Å². The highest BCUT2D eigenvalue weighted by Gasteiger charge is 2.46. The van der Waals surface area contributed by atoms with Crippen molar-refractivity contribution in [2.45, 2.75) is 24.8 Å². The molecule has 234 valence electrons. The molecule has 5 aromatic carbocycles. The number of fused-ring (bicyclic) bond motifs is 18. The van der Waals surface area contributed by atoms with E-state index in [0.717, 1.165) is 35.1 Å². The van der Waals surface area contributed by atoms with Gasteiger partial charge >= 0.3 is 0 Å². The van der Waals surface area contributed by atoms with Gasteiger partial charge in [-0.05, 0) is 73.0 Å². The van der Waals surface area contributed by atoms with Gasteiger partial charge in [0.05, 0.1) is 28.0 Å². The molecule has 5 aromatic heterocycles. The molecule has 7 heterocycles. The summed E-state index contributed by atoms with van der Waals surface area (Å²) in [5.41, 5.74) is 14.5. The van der Waals surface area contributed by atoms with Gasteiger partial charge in [-0.1, -0.05) is 54.6 Å². The number of para-hydroxylation sites is 2. The predicted octanol–water partition coefficient (Wildman–Crippen LogP) is 10.4. The normalized spacial score (nSPS) is 17.1. The van der Waals surface area contributed by atoms with Crippen LogP contribution in [-0.4, -0.2) is 4.40 Å². The van der Waals surface area contributed by atoms with Crippen molar-refractivity contribution in [3.05, 3.63) is 157 Å². The van der Waals surface area contributed by atoms with Crippen molar-refractivity contribution in [3.63, 3.8) is 0 Å². The van der Waals surface area contributed by atoms with E-state index in [-0.39, 0.29) is 12.0 Å². The zero-order valence-corrected chi connectivity index (χ0v) is 27.3. The van der Waals surface area contributed by atoms with Crippen LogP contribution in [0, 0.1) is 0 Å². The summed E-state index contributed by atoms with van der Waals surface area (Å²) >= 11 is 0. The minimum Gasteiger partial charge on any atom is -0.456 e. The van der Waals surface area contributed by atoms with Gasteiger partial charge in [0.25, 0.3) is 0 Å². The van der Waals surface area contributed by atoms with Gasteiger partial charge < -0.3 is 8.82 Å². The highest BCUT2D eigenvalue weighted by atomic mass is 16.3. The van der Waals surface area contributed by atoms with Crippen molar-refractivity contribution in [2.75, 3.05) is 0 Å². The second-order valence-electron chi connectivity index (χ2n) is 14.1. The molecule has 12 rings (SSSR count). The second kappa shape index (κ2) is 9.46. The van der Waals surface area contributed by atoms with Crippen LogP contribution in [0.3, 0.4) is 0 Å². The molecule has 0 saturated heterocycles. The summed E-state index contributed by atoms with van der Waals surface area (Å²) in [7, 11) is 0. The lowest BCUT2D eigenvalue weighted by atomic mass is 9.78. The maximum Gasteiger partial charge on any atom is 0.249 e. The Balaban J connectivity index is 1.15. The summed E-state index contributed by atoms with van der Waals surface area (Å²) in [5, 5.41) is 7.45. The number of rotatable bonds is 0. The third-order valence-electron chi connectivity index (χ3n) is 11.8. The minimum atomic E-state index is 0.0911. The Kier molecular flexibility index (Phi) is 5.04. The zero-order valence-electron chi connectivity index (χ0n) is 27.3. The summed E-state index contributed by atoms with van der Waals surface area (Å²) in [6, 6.07) is 46.9. The fraction of sp³-hybridized carbons (Fsp3) is 0.0870. The van der Waals surface area contributed by atoms with Gasteiger partial charge in [-0.25, -0.2) is 0 Å². The third-order valence-corrected chi connectivity index (χ3v) is 11.8. The fourth-order valence-electron chi connectivity index (χ4n) is 9.65. The number of hydrogen-bond donors (Lipinski definition) is 0. The van der Waals surface area contributed by atoms with Crippen molar-refractivity contribution in [3.8, 4) is 22.5 Å². The molecule has 10 aromatic rings. The molecule has 50 heavy (non-hydrogen) atoms. The molecular formula is C46H31N3O+2. The monoisotopic (exact) mass is 641 g/mol. The van der Waals surface area contributed by atoms with Crippen LogP contribution in [0.5, 0.6) is 0 Å². The Bertz CT molecular complexity index is 3090. The number of nitrogens with zero attached hydrogens (tertiary/aromatic N) is 3. The Morgan fingerprint density at radius 1 is 0.600 bits per heavy atom. The molecule has 0 aliphatic carbocycles. The predicted molar refractivity (Wildman–Crippen MR) is 202 cm³/mol. The van der Waals surface area contributed by atoms with Crippen LogP contribution < -0.4 is 9.13 Å². The molecule has 0 bridgehead atoms. The van der Waals surface area contributed by atoms with E-state index in [1.165, 1.54) is 77.1 Å². The standard InChI is InChI=1S/C46H31N3O/c1-27-45-34(29-11-2-3-12-30(29)39-16-7-9-22-48(39)45)20-19-28-23-41-36(24-35(28)40-17-6-8-21-47(27)40)32-14-10-15-33-37-25-38-31-13-4-5-18-43(31)50-44(38)26-42(37)49(41)46(32)33/h2-18,21-26,34,45H,1,19-20H2/q+2. The minimum absolute atomic E-state index is 0.0911. The molecule has 2 atom stereocenters. The van der Waals surface area contributed by atoms with Crippen molar-refractivity contribution < 1.29 is 13.6 Å². The average Bonchev–Trinajstić information content (AvgIpc) is 3.82. The molecule has 4 heteroatoms. The van der Waals surface area contributed by atoms with Gasteiger partial charge in [-0.15, -0.1) is 0 Å². The number of pyridine rings is 2. The topological polar surface area (TPSA) is 25.3 Å². The first-order valence-corrected chi connectivity index (χ1v) is 17.6. The number of furan rings is 1. The first-order valence-electron chi connectivity index (χ1n) is 17.6. The van der Waals surface area contributed by atoms with E-state index >= 15 is 0 Å². The molecule has 0 amide bonds. The van der Waals surface area contributed by atoms with E-state index in [1.54, 1.807) is 0 Å². The van der Waals surface area contributed by atoms with Crippen LogP contribution in [-0.2, 0) is 6.42 Å². The van der Waals surface area contributed by atoms with Gasteiger partial charge in [0.15, 0.2) is 12.4 Å². The zero-order chi connectivity index (χ0) is 32.7. The summed E-state index contributed by atoms with van der Waals surface area (Å²) in [6.07, 6.45) is 6.42. The van der Waals surface area contributed by atoms with Crippen LogP contribution in [0.25, 0.3) is 88.2 Å². The van der Waals surface area contributed by atoms with Crippen molar-refractivity contribution in [2.24, 2.45) is 0 Å². The Hall–Kier alpha value is -6.26. The smallest absolute Gasteiger partial charge is 0.249 e. The summed E-state index contributed by atoms with van der Waals surface area (Å²) in [5.74, 6) is 0.274. The second-order valence-corrected chi connectivity index (χ2v) is 14.1. The fourth-order valence-corrected chi connectivity index (χ4v) is 9.65. The highest BCUT2D eigenvalue weighted by Crippen LogP contribution is 2.47. The van der Waals surface area contributed by atoms with E-state index in [0.29, 0.717) is 0 Å². The average molecular weight is 642 g/mol. The molecule has 0 fully saturated rings. The van der Waals surface area contributed by atoms with Crippen LogP contribution >= 0.6 is 0 Å². The van der Waals surface area contributed by atoms with E-state index in [2.05, 4.69) is 147 Å². The first kappa shape index (κ1) is 26.7. The van der Waals surface area contributed by atoms with Gasteiger partial charge in [0, 0.05) is 68.2 Å². The van der Waals surface area contributed by atoms with E-state index in [1.807, 2.05) is 6.07 Å². The van der Waals surface area contributed by atoms with Crippen LogP contribution in [0.2, 0.25) is 0 Å². The third kappa shape index (κ3) is 3.31. The number of allylic oxidation sites excluding steroid dienone is 1. The Morgan fingerprint density at radius 3 is 2.26 bits per heavy atom. The molecule has 0 saturated carbocycles. The molecule has 2 unspecified atom stereocenters. The molecule has 2 aliphatic rings. The van der Waals surface area contributed by atoms with Crippen LogP contribution in [0.15, 0.2) is 151 Å². The first-order chi connectivity index (χ1) is 24.7. The summed E-state index contributed by atoms with van der Waals surface area (Å²) < 4.78 is 13.7. The van der Waals surface area contributed by atoms with Crippen molar-refractivity contribution in [1.29, 1.82) is 0 Å².